The van der Waals surface area contributed by atoms with Gasteiger partial charge in [0.05, 0.1) is 15.6 Å². The van der Waals surface area contributed by atoms with Gasteiger partial charge in [-0.25, -0.2) is 0 Å². The van der Waals surface area contributed by atoms with Crippen LogP contribution in [0.15, 0.2) is 42.5 Å². The van der Waals surface area contributed by atoms with E-state index in [2.05, 4.69) is 0 Å². The van der Waals surface area contributed by atoms with Crippen molar-refractivity contribution in [2.75, 3.05) is 0 Å². The quantitative estimate of drug-likeness (QED) is 0.627. The highest BCUT2D eigenvalue weighted by Gasteiger charge is 2.18. The molecule has 18 heavy (non-hydrogen) atoms. The number of hydrogen-bond acceptors (Lipinski definition) is 2. The lowest BCUT2D eigenvalue weighted by Crippen LogP contribution is -2.06. The largest absolute Gasteiger partial charge is 0.298 e. The fraction of sp³-hybridized carbons (Fsp3) is 0. The average molecular weight is 279 g/mol. The number of carbonyl (C=O) groups excluding carboxylic acids is 2. The normalized spacial score (nSPS) is 10.1. The SMILES string of the molecule is O=Cc1cccc(Cl)c1C(=O)c1ccccc1Cl. The Labute approximate surface area is 114 Å². The van der Waals surface area contributed by atoms with Crippen molar-refractivity contribution in [2.24, 2.45) is 0 Å². The van der Waals surface area contributed by atoms with Gasteiger partial charge in [0.15, 0.2) is 12.1 Å². The van der Waals surface area contributed by atoms with Crippen LogP contribution in [0.2, 0.25) is 10.0 Å². The molecule has 0 atom stereocenters. The first-order valence-electron chi connectivity index (χ1n) is 5.18. The fourth-order valence-corrected chi connectivity index (χ4v) is 2.15. The van der Waals surface area contributed by atoms with Crippen LogP contribution in [0.1, 0.15) is 26.3 Å². The van der Waals surface area contributed by atoms with Crippen LogP contribution in [0.5, 0.6) is 0 Å². The Morgan fingerprint density at radius 2 is 1.61 bits per heavy atom. The molecular weight excluding hydrogens is 271 g/mol. The summed E-state index contributed by atoms with van der Waals surface area (Å²) in [6.07, 6.45) is 0.607. The summed E-state index contributed by atoms with van der Waals surface area (Å²) < 4.78 is 0. The third-order valence-electron chi connectivity index (χ3n) is 2.52. The maximum atomic E-state index is 12.3. The van der Waals surface area contributed by atoms with Gasteiger partial charge >= 0.3 is 0 Å². The molecule has 0 aliphatic heterocycles. The maximum absolute atomic E-state index is 12.3. The minimum absolute atomic E-state index is 0.183. The second-order valence-corrected chi connectivity index (χ2v) is 4.45. The predicted molar refractivity (Wildman–Crippen MR) is 71.7 cm³/mol. The monoisotopic (exact) mass is 278 g/mol. The van der Waals surface area contributed by atoms with Crippen molar-refractivity contribution in [3.63, 3.8) is 0 Å². The first kappa shape index (κ1) is 12.8. The molecule has 0 aliphatic carbocycles. The Morgan fingerprint density at radius 1 is 0.944 bits per heavy atom. The van der Waals surface area contributed by atoms with Crippen LogP contribution >= 0.6 is 23.2 Å². The van der Waals surface area contributed by atoms with Crippen LogP contribution < -0.4 is 0 Å². The fourth-order valence-electron chi connectivity index (χ4n) is 1.66. The van der Waals surface area contributed by atoms with E-state index < -0.39 is 0 Å². The van der Waals surface area contributed by atoms with Crippen LogP contribution in [-0.2, 0) is 0 Å². The van der Waals surface area contributed by atoms with E-state index >= 15 is 0 Å². The van der Waals surface area contributed by atoms with Gasteiger partial charge in [-0.2, -0.15) is 0 Å². The van der Waals surface area contributed by atoms with Crippen molar-refractivity contribution >= 4 is 35.3 Å². The Bertz CT molecular complexity index is 621. The molecule has 2 rings (SSSR count). The Balaban J connectivity index is 2.60. The molecule has 2 aromatic rings. The molecule has 0 unspecified atom stereocenters. The third kappa shape index (κ3) is 2.30. The summed E-state index contributed by atoms with van der Waals surface area (Å²) in [5.41, 5.74) is 0.769. The van der Waals surface area contributed by atoms with Crippen LogP contribution in [0, 0.1) is 0 Å². The molecular formula is C14H8Cl2O2. The van der Waals surface area contributed by atoms with Gasteiger partial charge in [-0.3, -0.25) is 9.59 Å². The molecule has 0 heterocycles. The van der Waals surface area contributed by atoms with E-state index in [4.69, 9.17) is 23.2 Å². The summed E-state index contributed by atoms with van der Waals surface area (Å²) in [7, 11) is 0. The zero-order valence-corrected chi connectivity index (χ0v) is 10.7. The highest BCUT2D eigenvalue weighted by molar-refractivity contribution is 6.38. The molecule has 0 saturated carbocycles. The van der Waals surface area contributed by atoms with Gasteiger partial charge in [-0.15, -0.1) is 0 Å². The number of halogens is 2. The van der Waals surface area contributed by atoms with Crippen molar-refractivity contribution in [1.82, 2.24) is 0 Å². The lowest BCUT2D eigenvalue weighted by atomic mass is 9.99. The van der Waals surface area contributed by atoms with E-state index in [0.717, 1.165) is 0 Å². The Hall–Kier alpha value is -1.64. The van der Waals surface area contributed by atoms with E-state index in [1.165, 1.54) is 0 Å². The minimum Gasteiger partial charge on any atom is -0.298 e. The second-order valence-electron chi connectivity index (χ2n) is 3.63. The standard InChI is InChI=1S/C14H8Cl2O2/c15-11-6-2-1-5-10(11)14(18)13-9(8-17)4-3-7-12(13)16/h1-8H. The number of benzene rings is 2. The molecule has 4 heteroatoms. The predicted octanol–water partition coefficient (Wildman–Crippen LogP) is 4.04. The maximum Gasteiger partial charge on any atom is 0.196 e. The Morgan fingerprint density at radius 3 is 2.28 bits per heavy atom. The molecule has 2 nitrogen and oxygen atoms in total. The number of hydrogen-bond donors (Lipinski definition) is 0. The van der Waals surface area contributed by atoms with E-state index in [1.54, 1.807) is 42.5 Å². The third-order valence-corrected chi connectivity index (χ3v) is 3.16. The summed E-state index contributed by atoms with van der Waals surface area (Å²) in [6.45, 7) is 0. The first-order valence-corrected chi connectivity index (χ1v) is 5.93. The second kappa shape index (κ2) is 5.34. The van der Waals surface area contributed by atoms with Gasteiger partial charge in [-0.05, 0) is 18.2 Å². The van der Waals surface area contributed by atoms with E-state index in [1.807, 2.05) is 0 Å². The van der Waals surface area contributed by atoms with Crippen molar-refractivity contribution in [2.45, 2.75) is 0 Å². The zero-order chi connectivity index (χ0) is 13.1. The number of ketones is 1. The highest BCUT2D eigenvalue weighted by Crippen LogP contribution is 2.25. The first-order chi connectivity index (χ1) is 8.65. The minimum atomic E-state index is -0.353. The summed E-state index contributed by atoms with van der Waals surface area (Å²) >= 11 is 11.9. The lowest BCUT2D eigenvalue weighted by Gasteiger charge is -2.07. The molecule has 0 amide bonds. The highest BCUT2D eigenvalue weighted by atomic mass is 35.5. The number of rotatable bonds is 3. The van der Waals surface area contributed by atoms with Gasteiger partial charge in [0.2, 0.25) is 0 Å². The molecule has 0 aliphatic rings. The number of carbonyl (C=O) groups is 2. The Kier molecular flexibility index (Phi) is 3.80. The summed E-state index contributed by atoms with van der Waals surface area (Å²) in [6, 6.07) is 11.4. The molecule has 0 bridgehead atoms. The van der Waals surface area contributed by atoms with E-state index in [0.29, 0.717) is 16.9 Å². The van der Waals surface area contributed by atoms with Gasteiger partial charge in [0.25, 0.3) is 0 Å². The van der Waals surface area contributed by atoms with Crippen LogP contribution in [-0.4, -0.2) is 12.1 Å². The van der Waals surface area contributed by atoms with Gasteiger partial charge in [0, 0.05) is 11.1 Å². The zero-order valence-electron chi connectivity index (χ0n) is 9.19. The molecule has 0 radical (unpaired) electrons. The van der Waals surface area contributed by atoms with Crippen molar-refractivity contribution in [3.05, 3.63) is 69.2 Å². The molecule has 0 spiro atoms. The summed E-state index contributed by atoms with van der Waals surface area (Å²) in [4.78, 5) is 23.3. The van der Waals surface area contributed by atoms with Crippen molar-refractivity contribution in [3.8, 4) is 0 Å². The smallest absolute Gasteiger partial charge is 0.196 e. The van der Waals surface area contributed by atoms with Crippen molar-refractivity contribution < 1.29 is 9.59 Å². The lowest BCUT2D eigenvalue weighted by molar-refractivity contribution is 0.103. The van der Waals surface area contributed by atoms with Crippen LogP contribution in [0.3, 0.4) is 0 Å². The van der Waals surface area contributed by atoms with Crippen LogP contribution in [0.4, 0.5) is 0 Å². The molecule has 0 aromatic heterocycles. The molecule has 0 N–H and O–H groups in total. The van der Waals surface area contributed by atoms with Crippen LogP contribution in [0.25, 0.3) is 0 Å². The summed E-state index contributed by atoms with van der Waals surface area (Å²) in [5, 5.41) is 0.573. The average Bonchev–Trinajstić information content (AvgIpc) is 2.38. The molecule has 0 fully saturated rings. The topological polar surface area (TPSA) is 34.1 Å². The molecule has 0 saturated heterocycles. The van der Waals surface area contributed by atoms with E-state index in [-0.39, 0.29) is 21.9 Å². The summed E-state index contributed by atoms with van der Waals surface area (Å²) in [5.74, 6) is -0.353. The van der Waals surface area contributed by atoms with Gasteiger partial charge in [0.1, 0.15) is 0 Å². The molecule has 2 aromatic carbocycles. The van der Waals surface area contributed by atoms with Crippen molar-refractivity contribution in [1.29, 1.82) is 0 Å². The van der Waals surface area contributed by atoms with Gasteiger partial charge in [-0.1, -0.05) is 47.5 Å². The molecule has 90 valence electrons. The number of aldehydes is 1. The van der Waals surface area contributed by atoms with E-state index in [9.17, 15) is 9.59 Å². The van der Waals surface area contributed by atoms with Gasteiger partial charge < -0.3 is 0 Å².